The number of nitrogens with two attached hydrogens (primary N) is 2. The zero-order chi connectivity index (χ0) is 10.1. The Morgan fingerprint density at radius 3 is 1.75 bits per heavy atom. The van der Waals surface area contributed by atoms with E-state index in [1.807, 2.05) is 0 Å². The van der Waals surface area contributed by atoms with Crippen molar-refractivity contribution in [2.24, 2.45) is 11.5 Å². The Labute approximate surface area is 75.0 Å². The van der Waals surface area contributed by atoms with Crippen LogP contribution >= 0.6 is 12.6 Å². The summed E-state index contributed by atoms with van der Waals surface area (Å²) in [5.41, 5.74) is 9.51. The van der Waals surface area contributed by atoms with E-state index in [-0.39, 0.29) is 12.3 Å². The second-order valence-electron chi connectivity index (χ2n) is 1.73. The third-order valence-corrected chi connectivity index (χ3v) is 1.08. The van der Waals surface area contributed by atoms with Crippen LogP contribution < -0.4 is 11.5 Å². The number of hydrogen-bond acceptors (Lipinski definition) is 5. The van der Waals surface area contributed by atoms with Crippen LogP contribution in [0.25, 0.3) is 0 Å². The molecule has 0 aromatic rings. The zero-order valence-electron chi connectivity index (χ0n) is 6.30. The van der Waals surface area contributed by atoms with Gasteiger partial charge < -0.3 is 21.7 Å². The van der Waals surface area contributed by atoms with Crippen molar-refractivity contribution in [3.8, 4) is 0 Å². The lowest BCUT2D eigenvalue weighted by molar-refractivity contribution is -0.138. The van der Waals surface area contributed by atoms with Gasteiger partial charge in [-0.25, -0.2) is 0 Å². The van der Waals surface area contributed by atoms with Crippen molar-refractivity contribution in [3.63, 3.8) is 0 Å². The second kappa shape index (κ2) is 8.31. The van der Waals surface area contributed by atoms with E-state index in [0.29, 0.717) is 0 Å². The first kappa shape index (κ1) is 13.8. The predicted molar refractivity (Wildman–Crippen MR) is 46.2 cm³/mol. The molecule has 0 radical (unpaired) electrons. The first-order chi connectivity index (χ1) is 5.45. The minimum atomic E-state index is -1.00. The molecule has 0 fully saturated rings. The van der Waals surface area contributed by atoms with E-state index in [1.165, 1.54) is 0 Å². The number of rotatable bonds is 3. The maximum absolute atomic E-state index is 9.76. The molecule has 0 aliphatic rings. The Bertz CT molecular complexity index is 152. The Kier molecular flexibility index (Phi) is 9.54. The standard InChI is InChI=1S/C3H7NO2S.C2H5NO2/c4-2(1-7)3(5)6;3-1-2(4)5/h2,7H,1,4H2,(H,5,6);1,3H2,(H,4,5). The Morgan fingerprint density at radius 2 is 1.75 bits per heavy atom. The highest BCUT2D eigenvalue weighted by molar-refractivity contribution is 7.80. The Morgan fingerprint density at radius 1 is 1.42 bits per heavy atom. The summed E-state index contributed by atoms with van der Waals surface area (Å²) in [4.78, 5) is 19.0. The Balaban J connectivity index is 0. The summed E-state index contributed by atoms with van der Waals surface area (Å²) in [5.74, 6) is -1.78. The van der Waals surface area contributed by atoms with Gasteiger partial charge in [-0.2, -0.15) is 12.6 Å². The van der Waals surface area contributed by atoms with Crippen LogP contribution in [-0.2, 0) is 9.59 Å². The molecule has 1 unspecified atom stereocenters. The first-order valence-electron chi connectivity index (χ1n) is 2.96. The number of hydrogen-bond donors (Lipinski definition) is 5. The first-order valence-corrected chi connectivity index (χ1v) is 3.60. The summed E-state index contributed by atoms with van der Waals surface area (Å²) in [7, 11) is 0. The van der Waals surface area contributed by atoms with Gasteiger partial charge in [0.2, 0.25) is 0 Å². The molecule has 0 aromatic heterocycles. The van der Waals surface area contributed by atoms with Crippen molar-refractivity contribution in [3.05, 3.63) is 0 Å². The smallest absolute Gasteiger partial charge is 0.321 e. The quantitative estimate of drug-likeness (QED) is 0.344. The molecule has 0 bridgehead atoms. The highest BCUT2D eigenvalue weighted by Gasteiger charge is 2.06. The van der Waals surface area contributed by atoms with E-state index in [0.717, 1.165) is 0 Å². The van der Waals surface area contributed by atoms with Crippen molar-refractivity contribution in [2.45, 2.75) is 6.04 Å². The van der Waals surface area contributed by atoms with Crippen LogP contribution in [0.15, 0.2) is 0 Å². The average molecular weight is 196 g/mol. The number of aliphatic carboxylic acids is 2. The summed E-state index contributed by atoms with van der Waals surface area (Å²) in [6.45, 7) is -0.278. The fraction of sp³-hybridized carbons (Fsp3) is 0.600. The van der Waals surface area contributed by atoms with Crippen molar-refractivity contribution in [1.82, 2.24) is 0 Å². The van der Waals surface area contributed by atoms with Gasteiger partial charge in [-0.15, -0.1) is 0 Å². The molecule has 7 heteroatoms. The topological polar surface area (TPSA) is 127 Å². The molecular formula is C5H12N2O4S. The largest absolute Gasteiger partial charge is 0.480 e. The van der Waals surface area contributed by atoms with E-state index in [9.17, 15) is 9.59 Å². The van der Waals surface area contributed by atoms with Gasteiger partial charge in [0.25, 0.3) is 0 Å². The van der Waals surface area contributed by atoms with Gasteiger partial charge in [0.15, 0.2) is 0 Å². The van der Waals surface area contributed by atoms with Crippen molar-refractivity contribution >= 4 is 24.6 Å². The number of thiol groups is 1. The average Bonchev–Trinajstić information content (AvgIpc) is 2.04. The maximum Gasteiger partial charge on any atom is 0.321 e. The molecule has 0 aliphatic heterocycles. The van der Waals surface area contributed by atoms with Crippen LogP contribution in [0.2, 0.25) is 0 Å². The minimum absolute atomic E-state index is 0.190. The van der Waals surface area contributed by atoms with Gasteiger partial charge in [0.05, 0.1) is 6.54 Å². The molecule has 1 atom stereocenters. The molecule has 12 heavy (non-hydrogen) atoms. The van der Waals surface area contributed by atoms with Gasteiger partial charge in [0.1, 0.15) is 6.04 Å². The van der Waals surface area contributed by atoms with Crippen molar-refractivity contribution in [1.29, 1.82) is 0 Å². The number of carbonyl (C=O) groups is 2. The van der Waals surface area contributed by atoms with Gasteiger partial charge in [0, 0.05) is 5.75 Å². The third-order valence-electron chi connectivity index (χ3n) is 0.689. The van der Waals surface area contributed by atoms with Crippen molar-refractivity contribution < 1.29 is 19.8 Å². The molecule has 0 amide bonds. The fourth-order valence-corrected chi connectivity index (χ4v) is 0.234. The minimum Gasteiger partial charge on any atom is -0.480 e. The van der Waals surface area contributed by atoms with Crippen LogP contribution in [0.4, 0.5) is 0 Å². The Hall–Kier alpha value is -0.790. The van der Waals surface area contributed by atoms with Gasteiger partial charge in [-0.1, -0.05) is 0 Å². The summed E-state index contributed by atoms with van der Waals surface area (Å²) in [6.07, 6.45) is 0. The number of carboxylic acid groups (broad SMARTS) is 2. The molecule has 0 rings (SSSR count). The van der Waals surface area contributed by atoms with E-state index in [1.54, 1.807) is 0 Å². The molecule has 0 spiro atoms. The predicted octanol–water partition coefficient (Wildman–Crippen LogP) is -1.64. The highest BCUT2D eigenvalue weighted by Crippen LogP contribution is 1.80. The van der Waals surface area contributed by atoms with Crippen LogP contribution in [0.3, 0.4) is 0 Å². The monoisotopic (exact) mass is 196 g/mol. The number of carboxylic acids is 2. The van der Waals surface area contributed by atoms with Gasteiger partial charge in [-0.3, -0.25) is 9.59 Å². The fourth-order valence-electron chi connectivity index (χ4n) is 0.0781. The highest BCUT2D eigenvalue weighted by atomic mass is 32.1. The van der Waals surface area contributed by atoms with Crippen LogP contribution in [-0.4, -0.2) is 40.5 Å². The normalized spacial score (nSPS) is 10.9. The second-order valence-corrected chi connectivity index (χ2v) is 2.09. The lowest BCUT2D eigenvalue weighted by atomic mass is 10.4. The summed E-state index contributed by atoms with van der Waals surface area (Å²) < 4.78 is 0. The SMILES string of the molecule is NC(CS)C(=O)O.NCC(=O)O. The van der Waals surface area contributed by atoms with E-state index in [4.69, 9.17) is 15.9 Å². The van der Waals surface area contributed by atoms with E-state index in [2.05, 4.69) is 18.4 Å². The molecule has 0 saturated heterocycles. The molecular weight excluding hydrogens is 184 g/mol. The third kappa shape index (κ3) is 11.9. The van der Waals surface area contributed by atoms with E-state index >= 15 is 0 Å². The summed E-state index contributed by atoms with van der Waals surface area (Å²) in [6, 6.07) is -0.816. The van der Waals surface area contributed by atoms with Gasteiger partial charge in [-0.05, 0) is 0 Å². The molecule has 6 N–H and O–H groups in total. The van der Waals surface area contributed by atoms with Crippen LogP contribution in [0, 0.1) is 0 Å². The van der Waals surface area contributed by atoms with Gasteiger partial charge >= 0.3 is 11.9 Å². The van der Waals surface area contributed by atoms with Crippen LogP contribution in [0.1, 0.15) is 0 Å². The van der Waals surface area contributed by atoms with Crippen LogP contribution in [0.5, 0.6) is 0 Å². The zero-order valence-corrected chi connectivity index (χ0v) is 7.20. The molecule has 6 nitrogen and oxygen atoms in total. The molecule has 0 aliphatic carbocycles. The molecule has 0 saturated carbocycles. The lowest BCUT2D eigenvalue weighted by Crippen LogP contribution is -2.31. The summed E-state index contributed by atoms with van der Waals surface area (Å²) in [5, 5.41) is 15.6. The maximum atomic E-state index is 9.76. The lowest BCUT2D eigenvalue weighted by Gasteiger charge is -1.96. The van der Waals surface area contributed by atoms with Crippen molar-refractivity contribution in [2.75, 3.05) is 12.3 Å². The van der Waals surface area contributed by atoms with E-state index < -0.39 is 18.0 Å². The molecule has 0 heterocycles. The molecule has 72 valence electrons. The summed E-state index contributed by atoms with van der Waals surface area (Å²) >= 11 is 3.65. The molecule has 0 aromatic carbocycles.